The standard InChI is InChI=1S/C16H28O6/c1-19-8-9-20-10-11-21-12-13-22-16(18)7-6-14-4-2-3-5-15(14)17/h14H,2-13H2,1H3. The van der Waals surface area contributed by atoms with Crippen molar-refractivity contribution in [2.75, 3.05) is 46.8 Å². The Kier molecular flexibility index (Phi) is 10.9. The van der Waals surface area contributed by atoms with Crippen molar-refractivity contribution in [3.8, 4) is 0 Å². The Morgan fingerprint density at radius 2 is 1.73 bits per heavy atom. The summed E-state index contributed by atoms with van der Waals surface area (Å²) >= 11 is 0. The number of Topliss-reactive ketones (excluding diaryl/α,β-unsaturated/α-hetero) is 1. The first-order chi connectivity index (χ1) is 10.7. The summed E-state index contributed by atoms with van der Waals surface area (Å²) < 4.78 is 20.4. The third-order valence-electron chi connectivity index (χ3n) is 3.67. The number of hydrogen-bond acceptors (Lipinski definition) is 6. The van der Waals surface area contributed by atoms with Gasteiger partial charge >= 0.3 is 5.97 Å². The van der Waals surface area contributed by atoms with Crippen molar-refractivity contribution in [2.24, 2.45) is 5.92 Å². The second kappa shape index (κ2) is 12.6. The molecule has 0 amide bonds. The van der Waals surface area contributed by atoms with Crippen LogP contribution in [0.3, 0.4) is 0 Å². The Hall–Kier alpha value is -0.980. The molecule has 1 rings (SSSR count). The first-order valence-corrected chi connectivity index (χ1v) is 8.06. The number of carbonyl (C=O) groups excluding carboxylic acids is 2. The minimum atomic E-state index is -0.252. The smallest absolute Gasteiger partial charge is 0.305 e. The third-order valence-corrected chi connectivity index (χ3v) is 3.67. The summed E-state index contributed by atoms with van der Waals surface area (Å²) in [7, 11) is 1.62. The molecule has 0 N–H and O–H groups in total. The van der Waals surface area contributed by atoms with Crippen LogP contribution in [-0.2, 0) is 28.5 Å². The van der Waals surface area contributed by atoms with Gasteiger partial charge in [0.25, 0.3) is 0 Å². The SMILES string of the molecule is COCCOCCOCCOC(=O)CCC1CCCCC1=O. The zero-order chi connectivity index (χ0) is 16.0. The maximum Gasteiger partial charge on any atom is 0.305 e. The number of rotatable bonds is 12. The van der Waals surface area contributed by atoms with E-state index in [4.69, 9.17) is 18.9 Å². The lowest BCUT2D eigenvalue weighted by molar-refractivity contribution is -0.145. The highest BCUT2D eigenvalue weighted by atomic mass is 16.6. The molecule has 1 fully saturated rings. The van der Waals surface area contributed by atoms with Crippen LogP contribution in [0.2, 0.25) is 0 Å². The van der Waals surface area contributed by atoms with Crippen LogP contribution < -0.4 is 0 Å². The van der Waals surface area contributed by atoms with Gasteiger partial charge < -0.3 is 18.9 Å². The molecule has 0 spiro atoms. The molecule has 0 bridgehead atoms. The van der Waals surface area contributed by atoms with E-state index in [0.29, 0.717) is 58.1 Å². The number of ether oxygens (including phenoxy) is 4. The highest BCUT2D eigenvalue weighted by Crippen LogP contribution is 2.24. The van der Waals surface area contributed by atoms with Gasteiger partial charge in [-0.2, -0.15) is 0 Å². The Morgan fingerprint density at radius 1 is 1.05 bits per heavy atom. The lowest BCUT2D eigenvalue weighted by Crippen LogP contribution is -2.20. The van der Waals surface area contributed by atoms with Crippen molar-refractivity contribution in [3.05, 3.63) is 0 Å². The van der Waals surface area contributed by atoms with Gasteiger partial charge in [-0.25, -0.2) is 0 Å². The van der Waals surface area contributed by atoms with Gasteiger partial charge in [-0.05, 0) is 19.3 Å². The molecule has 0 saturated heterocycles. The van der Waals surface area contributed by atoms with E-state index >= 15 is 0 Å². The van der Waals surface area contributed by atoms with E-state index in [1.165, 1.54) is 0 Å². The summed E-state index contributed by atoms with van der Waals surface area (Å²) in [6.07, 6.45) is 4.60. The Bertz CT molecular complexity index is 318. The molecular formula is C16H28O6. The maximum atomic E-state index is 11.6. The minimum Gasteiger partial charge on any atom is -0.463 e. The fraction of sp³-hybridized carbons (Fsp3) is 0.875. The molecule has 0 radical (unpaired) electrons. The van der Waals surface area contributed by atoms with E-state index in [2.05, 4.69) is 0 Å². The van der Waals surface area contributed by atoms with Crippen LogP contribution in [0.5, 0.6) is 0 Å². The Balaban J connectivity index is 1.90. The molecular weight excluding hydrogens is 288 g/mol. The third kappa shape index (κ3) is 9.12. The summed E-state index contributed by atoms with van der Waals surface area (Å²) in [5.41, 5.74) is 0. The van der Waals surface area contributed by atoms with E-state index in [-0.39, 0.29) is 18.5 Å². The average molecular weight is 316 g/mol. The predicted molar refractivity (Wildman–Crippen MR) is 80.7 cm³/mol. The predicted octanol–water partition coefficient (Wildman–Crippen LogP) is 1.75. The van der Waals surface area contributed by atoms with Gasteiger partial charge in [0.05, 0.1) is 33.0 Å². The number of hydrogen-bond donors (Lipinski definition) is 0. The van der Waals surface area contributed by atoms with Crippen LogP contribution in [0.25, 0.3) is 0 Å². The van der Waals surface area contributed by atoms with Crippen molar-refractivity contribution < 1.29 is 28.5 Å². The van der Waals surface area contributed by atoms with Gasteiger partial charge in [0.15, 0.2) is 0 Å². The quantitative estimate of drug-likeness (QED) is 0.403. The summed E-state index contributed by atoms with van der Waals surface area (Å²) in [4.78, 5) is 23.2. The van der Waals surface area contributed by atoms with Crippen molar-refractivity contribution in [1.82, 2.24) is 0 Å². The molecule has 0 heterocycles. The van der Waals surface area contributed by atoms with Crippen LogP contribution in [-0.4, -0.2) is 58.5 Å². The van der Waals surface area contributed by atoms with Crippen LogP contribution in [0.4, 0.5) is 0 Å². The second-order valence-electron chi connectivity index (χ2n) is 5.39. The average Bonchev–Trinajstić information content (AvgIpc) is 2.52. The highest BCUT2D eigenvalue weighted by molar-refractivity contribution is 5.82. The minimum absolute atomic E-state index is 0.0572. The molecule has 1 unspecified atom stereocenters. The van der Waals surface area contributed by atoms with Gasteiger partial charge in [-0.1, -0.05) is 6.42 Å². The molecule has 0 aromatic rings. The molecule has 1 atom stereocenters. The lowest BCUT2D eigenvalue weighted by atomic mass is 9.85. The van der Waals surface area contributed by atoms with E-state index in [0.717, 1.165) is 19.3 Å². The van der Waals surface area contributed by atoms with Crippen LogP contribution in [0, 0.1) is 5.92 Å². The topological polar surface area (TPSA) is 71.1 Å². The number of esters is 1. The number of carbonyl (C=O) groups is 2. The fourth-order valence-corrected chi connectivity index (χ4v) is 2.40. The van der Waals surface area contributed by atoms with Gasteiger partial charge in [-0.3, -0.25) is 9.59 Å². The first kappa shape index (κ1) is 19.1. The molecule has 0 aromatic heterocycles. The normalized spacial score (nSPS) is 18.4. The monoisotopic (exact) mass is 316 g/mol. The van der Waals surface area contributed by atoms with Crippen molar-refractivity contribution in [2.45, 2.75) is 38.5 Å². The molecule has 128 valence electrons. The Morgan fingerprint density at radius 3 is 2.41 bits per heavy atom. The van der Waals surface area contributed by atoms with E-state index in [1.54, 1.807) is 7.11 Å². The van der Waals surface area contributed by atoms with Crippen molar-refractivity contribution >= 4 is 11.8 Å². The zero-order valence-corrected chi connectivity index (χ0v) is 13.5. The van der Waals surface area contributed by atoms with E-state index in [9.17, 15) is 9.59 Å². The number of ketones is 1. The first-order valence-electron chi connectivity index (χ1n) is 8.06. The lowest BCUT2D eigenvalue weighted by Gasteiger charge is -2.19. The summed E-state index contributed by atoms with van der Waals surface area (Å²) in [6.45, 7) is 2.70. The van der Waals surface area contributed by atoms with E-state index < -0.39 is 0 Å². The molecule has 6 nitrogen and oxygen atoms in total. The molecule has 1 aliphatic rings. The number of methoxy groups -OCH3 is 1. The van der Waals surface area contributed by atoms with Gasteiger partial charge in [0.2, 0.25) is 0 Å². The van der Waals surface area contributed by atoms with Crippen molar-refractivity contribution in [1.29, 1.82) is 0 Å². The van der Waals surface area contributed by atoms with E-state index in [1.807, 2.05) is 0 Å². The summed E-state index contributed by atoms with van der Waals surface area (Å²) in [5, 5.41) is 0. The van der Waals surface area contributed by atoms with Crippen LogP contribution in [0.1, 0.15) is 38.5 Å². The fourth-order valence-electron chi connectivity index (χ4n) is 2.40. The molecule has 1 saturated carbocycles. The van der Waals surface area contributed by atoms with Crippen LogP contribution in [0.15, 0.2) is 0 Å². The van der Waals surface area contributed by atoms with Gasteiger partial charge in [0.1, 0.15) is 12.4 Å². The molecule has 0 aromatic carbocycles. The highest BCUT2D eigenvalue weighted by Gasteiger charge is 2.22. The molecule has 1 aliphatic carbocycles. The summed E-state index contributed by atoms with van der Waals surface area (Å²) in [6, 6.07) is 0. The van der Waals surface area contributed by atoms with Gasteiger partial charge in [-0.15, -0.1) is 0 Å². The molecule has 6 heteroatoms. The summed E-state index contributed by atoms with van der Waals surface area (Å²) in [5.74, 6) is 0.107. The van der Waals surface area contributed by atoms with Gasteiger partial charge in [0, 0.05) is 25.9 Å². The van der Waals surface area contributed by atoms with Crippen LogP contribution >= 0.6 is 0 Å². The van der Waals surface area contributed by atoms with Crippen molar-refractivity contribution in [3.63, 3.8) is 0 Å². The molecule has 22 heavy (non-hydrogen) atoms. The largest absolute Gasteiger partial charge is 0.463 e. The second-order valence-corrected chi connectivity index (χ2v) is 5.39. The Labute approximate surface area is 132 Å². The molecule has 0 aliphatic heterocycles. The maximum absolute atomic E-state index is 11.6. The zero-order valence-electron chi connectivity index (χ0n) is 13.5.